The standard InChI is InChI=1S/C11H14N2O.C3H6O/c1-3-4-8-12-9-10-6-5-7-11(13-10)14-2;1-3(2)4/h3,5-7,9H,1,4,8H2,2H3;1-2H3. The SMILES string of the molecule is C=CCCN=Cc1cccc(OC)n1.CC(C)=O. The number of carbonyl (C=O) groups is 1. The van der Waals surface area contributed by atoms with Crippen LogP contribution in [0.3, 0.4) is 0 Å². The highest BCUT2D eigenvalue weighted by Gasteiger charge is 1.92. The van der Waals surface area contributed by atoms with Gasteiger partial charge in [0.1, 0.15) is 5.78 Å². The lowest BCUT2D eigenvalue weighted by Gasteiger charge is -1.98. The Hall–Kier alpha value is -1.97. The van der Waals surface area contributed by atoms with Crippen LogP contribution < -0.4 is 4.74 Å². The summed E-state index contributed by atoms with van der Waals surface area (Å²) >= 11 is 0. The number of ether oxygens (including phenoxy) is 1. The van der Waals surface area contributed by atoms with Gasteiger partial charge in [0.2, 0.25) is 5.88 Å². The Balaban J connectivity index is 0.000000631. The molecule has 0 aliphatic heterocycles. The highest BCUT2D eigenvalue weighted by atomic mass is 16.5. The Labute approximate surface area is 108 Å². The van der Waals surface area contributed by atoms with E-state index in [1.807, 2.05) is 18.2 Å². The number of aromatic nitrogens is 1. The number of Topliss-reactive ketones (excluding diaryl/α,β-unsaturated/α-hetero) is 1. The van der Waals surface area contributed by atoms with Gasteiger partial charge in [0.05, 0.1) is 12.8 Å². The van der Waals surface area contributed by atoms with Gasteiger partial charge in [-0.2, -0.15) is 0 Å². The average molecular weight is 248 g/mol. The quantitative estimate of drug-likeness (QED) is 0.457. The Morgan fingerprint density at radius 3 is 2.72 bits per heavy atom. The maximum absolute atomic E-state index is 9.44. The van der Waals surface area contributed by atoms with Gasteiger partial charge in [0.15, 0.2) is 0 Å². The van der Waals surface area contributed by atoms with Gasteiger partial charge >= 0.3 is 0 Å². The Morgan fingerprint density at radius 2 is 2.17 bits per heavy atom. The van der Waals surface area contributed by atoms with E-state index in [0.717, 1.165) is 18.7 Å². The number of carbonyl (C=O) groups excluding carboxylic acids is 1. The van der Waals surface area contributed by atoms with Crippen molar-refractivity contribution in [1.82, 2.24) is 4.98 Å². The molecule has 0 amide bonds. The number of pyridine rings is 1. The fraction of sp³-hybridized carbons (Fsp3) is 0.357. The van der Waals surface area contributed by atoms with E-state index in [4.69, 9.17) is 4.74 Å². The van der Waals surface area contributed by atoms with E-state index in [2.05, 4.69) is 16.6 Å². The first kappa shape index (κ1) is 16.0. The molecule has 1 heterocycles. The van der Waals surface area contributed by atoms with Crippen LogP contribution in [0.4, 0.5) is 0 Å². The third-order valence-corrected chi connectivity index (χ3v) is 1.64. The number of hydrogen-bond donors (Lipinski definition) is 0. The minimum absolute atomic E-state index is 0.167. The van der Waals surface area contributed by atoms with Crippen molar-refractivity contribution in [3.8, 4) is 5.88 Å². The second-order valence-electron chi connectivity index (χ2n) is 3.63. The summed E-state index contributed by atoms with van der Waals surface area (Å²) in [4.78, 5) is 17.8. The molecule has 4 nitrogen and oxygen atoms in total. The van der Waals surface area contributed by atoms with Crippen molar-refractivity contribution in [2.24, 2.45) is 4.99 Å². The van der Waals surface area contributed by atoms with Crippen LogP contribution in [-0.4, -0.2) is 30.6 Å². The number of aliphatic imine (C=N–C) groups is 1. The molecule has 0 spiro atoms. The monoisotopic (exact) mass is 248 g/mol. The lowest BCUT2D eigenvalue weighted by molar-refractivity contribution is -0.114. The summed E-state index contributed by atoms with van der Waals surface area (Å²) in [5.74, 6) is 0.776. The number of ketones is 1. The van der Waals surface area contributed by atoms with Crippen LogP contribution in [0.15, 0.2) is 35.8 Å². The largest absolute Gasteiger partial charge is 0.481 e. The van der Waals surface area contributed by atoms with Crippen LogP contribution in [0.25, 0.3) is 0 Å². The summed E-state index contributed by atoms with van der Waals surface area (Å²) in [7, 11) is 1.60. The summed E-state index contributed by atoms with van der Waals surface area (Å²) < 4.78 is 4.99. The summed E-state index contributed by atoms with van der Waals surface area (Å²) in [6.07, 6.45) is 4.48. The smallest absolute Gasteiger partial charge is 0.213 e. The molecule has 0 saturated carbocycles. The Bertz CT molecular complexity index is 397. The van der Waals surface area contributed by atoms with Gasteiger partial charge in [-0.1, -0.05) is 12.1 Å². The van der Waals surface area contributed by atoms with Gasteiger partial charge in [-0.15, -0.1) is 6.58 Å². The third-order valence-electron chi connectivity index (χ3n) is 1.64. The molecule has 98 valence electrons. The lowest BCUT2D eigenvalue weighted by atomic mass is 10.3. The topological polar surface area (TPSA) is 51.6 Å². The average Bonchev–Trinajstić information content (AvgIpc) is 2.34. The van der Waals surface area contributed by atoms with Gasteiger partial charge in [0, 0.05) is 18.8 Å². The molecule has 4 heteroatoms. The van der Waals surface area contributed by atoms with Gasteiger partial charge in [0.25, 0.3) is 0 Å². The number of hydrogen-bond acceptors (Lipinski definition) is 4. The molecule has 0 N–H and O–H groups in total. The summed E-state index contributed by atoms with van der Waals surface area (Å²) in [5.41, 5.74) is 0.813. The van der Waals surface area contributed by atoms with Crippen LogP contribution in [0, 0.1) is 0 Å². The lowest BCUT2D eigenvalue weighted by Crippen LogP contribution is -1.92. The van der Waals surface area contributed by atoms with E-state index >= 15 is 0 Å². The first-order chi connectivity index (χ1) is 8.60. The molecule has 1 aromatic rings. The van der Waals surface area contributed by atoms with Gasteiger partial charge in [-0.05, 0) is 26.3 Å². The molecule has 0 bridgehead atoms. The fourth-order valence-corrected chi connectivity index (χ4v) is 0.940. The second-order valence-corrected chi connectivity index (χ2v) is 3.63. The van der Waals surface area contributed by atoms with E-state index in [9.17, 15) is 4.79 Å². The zero-order chi connectivity index (χ0) is 13.8. The molecule has 0 saturated heterocycles. The van der Waals surface area contributed by atoms with E-state index in [0.29, 0.717) is 5.88 Å². The van der Waals surface area contributed by atoms with Crippen LogP contribution in [0.2, 0.25) is 0 Å². The zero-order valence-corrected chi connectivity index (χ0v) is 11.2. The van der Waals surface area contributed by atoms with E-state index < -0.39 is 0 Å². The molecule has 0 radical (unpaired) electrons. The number of rotatable bonds is 5. The normalized spacial score (nSPS) is 9.50. The van der Waals surface area contributed by atoms with Gasteiger partial charge in [-0.25, -0.2) is 4.98 Å². The van der Waals surface area contributed by atoms with Crippen molar-refractivity contribution in [3.63, 3.8) is 0 Å². The summed E-state index contributed by atoms with van der Waals surface area (Å²) in [6.45, 7) is 7.43. The summed E-state index contributed by atoms with van der Waals surface area (Å²) in [5, 5.41) is 0. The first-order valence-corrected chi connectivity index (χ1v) is 5.69. The molecular formula is C14H20N2O2. The van der Waals surface area contributed by atoms with Crippen LogP contribution in [0.1, 0.15) is 26.0 Å². The van der Waals surface area contributed by atoms with Crippen molar-refractivity contribution in [2.75, 3.05) is 13.7 Å². The highest BCUT2D eigenvalue weighted by molar-refractivity contribution is 5.77. The maximum atomic E-state index is 9.44. The molecule has 1 rings (SSSR count). The summed E-state index contributed by atoms with van der Waals surface area (Å²) in [6, 6.07) is 5.59. The number of methoxy groups -OCH3 is 1. The molecular weight excluding hydrogens is 228 g/mol. The van der Waals surface area contributed by atoms with Crippen LogP contribution in [0.5, 0.6) is 5.88 Å². The predicted molar refractivity (Wildman–Crippen MR) is 74.4 cm³/mol. The predicted octanol–water partition coefficient (Wildman–Crippen LogP) is 2.68. The zero-order valence-electron chi connectivity index (χ0n) is 11.2. The molecule has 0 unspecified atom stereocenters. The second kappa shape index (κ2) is 10.2. The van der Waals surface area contributed by atoms with Crippen molar-refractivity contribution < 1.29 is 9.53 Å². The van der Waals surface area contributed by atoms with Crippen LogP contribution in [-0.2, 0) is 4.79 Å². The minimum atomic E-state index is 0.167. The van der Waals surface area contributed by atoms with Gasteiger partial charge < -0.3 is 9.53 Å². The molecule has 0 aliphatic carbocycles. The van der Waals surface area contributed by atoms with Crippen molar-refractivity contribution in [2.45, 2.75) is 20.3 Å². The maximum Gasteiger partial charge on any atom is 0.213 e. The Kier molecular flexibility index (Phi) is 9.08. The molecule has 0 fully saturated rings. The first-order valence-electron chi connectivity index (χ1n) is 5.69. The number of nitrogens with zero attached hydrogens (tertiary/aromatic N) is 2. The van der Waals surface area contributed by atoms with Crippen molar-refractivity contribution in [1.29, 1.82) is 0 Å². The minimum Gasteiger partial charge on any atom is -0.481 e. The molecule has 0 atom stereocenters. The highest BCUT2D eigenvalue weighted by Crippen LogP contribution is 2.04. The Morgan fingerprint density at radius 1 is 1.50 bits per heavy atom. The molecule has 0 aromatic carbocycles. The van der Waals surface area contributed by atoms with E-state index in [1.165, 1.54) is 13.8 Å². The fourth-order valence-electron chi connectivity index (χ4n) is 0.940. The molecule has 1 aromatic heterocycles. The van der Waals surface area contributed by atoms with Gasteiger partial charge in [-0.3, -0.25) is 4.99 Å². The van der Waals surface area contributed by atoms with Crippen molar-refractivity contribution >= 4 is 12.0 Å². The van der Waals surface area contributed by atoms with E-state index in [1.54, 1.807) is 19.4 Å². The molecule has 18 heavy (non-hydrogen) atoms. The third kappa shape index (κ3) is 9.27. The van der Waals surface area contributed by atoms with Crippen LogP contribution >= 0.6 is 0 Å². The van der Waals surface area contributed by atoms with Crippen molar-refractivity contribution in [3.05, 3.63) is 36.5 Å². The molecule has 0 aliphatic rings. The van der Waals surface area contributed by atoms with E-state index in [-0.39, 0.29) is 5.78 Å².